The lowest BCUT2D eigenvalue weighted by Gasteiger charge is -2.16. The molecule has 178 valence electrons. The Morgan fingerprint density at radius 2 is 1.65 bits per heavy atom. The van der Waals surface area contributed by atoms with E-state index in [1.807, 2.05) is 42.3 Å². The first kappa shape index (κ1) is 25.1. The van der Waals surface area contributed by atoms with Crippen LogP contribution in [0.4, 0.5) is 5.00 Å². The zero-order chi connectivity index (χ0) is 24.7. The molecule has 1 aromatic heterocycles. The molecule has 0 aliphatic rings. The van der Waals surface area contributed by atoms with Crippen molar-refractivity contribution in [3.8, 4) is 11.1 Å². The number of esters is 1. The van der Waals surface area contributed by atoms with E-state index in [2.05, 4.69) is 34.9 Å². The number of carbonyl (C=O) groups is 3. The summed E-state index contributed by atoms with van der Waals surface area (Å²) < 4.78 is 5.13. The molecule has 0 aliphatic carbocycles. The number of likely N-dealkylation sites (N-methyl/N-ethyl adjacent to an activating group) is 1. The van der Waals surface area contributed by atoms with Gasteiger partial charge in [0.1, 0.15) is 5.00 Å². The number of hydrogen-bond acceptors (Lipinski definition) is 6. The monoisotopic (exact) mass is 479 g/mol. The fraction of sp³-hybridized carbons (Fsp3) is 0.269. The van der Waals surface area contributed by atoms with Crippen LogP contribution in [-0.4, -0.2) is 49.9 Å². The quantitative estimate of drug-likeness (QED) is 0.446. The number of hydrogen-bond donors (Lipinski definition) is 2. The Kier molecular flexibility index (Phi) is 8.56. The highest BCUT2D eigenvalue weighted by Crippen LogP contribution is 2.33. The molecule has 0 radical (unpaired) electrons. The van der Waals surface area contributed by atoms with Crippen LogP contribution in [0.1, 0.15) is 38.1 Å². The van der Waals surface area contributed by atoms with Crippen molar-refractivity contribution in [3.05, 3.63) is 76.2 Å². The average Bonchev–Trinajstić information content (AvgIpc) is 3.15. The number of nitrogens with zero attached hydrogens (tertiary/aromatic N) is 1. The summed E-state index contributed by atoms with van der Waals surface area (Å²) in [5.74, 6) is -1.16. The topological polar surface area (TPSA) is 87.7 Å². The summed E-state index contributed by atoms with van der Waals surface area (Å²) in [7, 11) is 3.37. The molecule has 2 aromatic carbocycles. The van der Waals surface area contributed by atoms with Gasteiger partial charge in [0.15, 0.2) is 0 Å². The van der Waals surface area contributed by atoms with Gasteiger partial charge in [0.2, 0.25) is 5.91 Å². The van der Waals surface area contributed by atoms with Crippen LogP contribution in [0, 0.1) is 6.92 Å². The Bertz CT molecular complexity index is 1160. The first-order valence-corrected chi connectivity index (χ1v) is 11.8. The van der Waals surface area contributed by atoms with Crippen molar-refractivity contribution in [2.45, 2.75) is 20.4 Å². The fourth-order valence-corrected chi connectivity index (χ4v) is 4.75. The standard InChI is InChI=1S/C26H29N3O4S/c1-5-33-26(32)22-17(2)23(24(31)27-3)34-25(22)28-21(30)16-29(4)15-18-11-13-20(14-12-18)19-9-7-6-8-10-19/h6-14H,5,15-16H2,1-4H3,(H,27,31)(H,28,30). The molecule has 0 saturated heterocycles. The molecule has 0 atom stereocenters. The van der Waals surface area contributed by atoms with Gasteiger partial charge in [-0.05, 0) is 43.1 Å². The highest BCUT2D eigenvalue weighted by Gasteiger charge is 2.26. The maximum Gasteiger partial charge on any atom is 0.341 e. The molecule has 2 N–H and O–H groups in total. The smallest absolute Gasteiger partial charge is 0.341 e. The van der Waals surface area contributed by atoms with Crippen LogP contribution in [-0.2, 0) is 16.1 Å². The van der Waals surface area contributed by atoms with Crippen LogP contribution in [0.15, 0.2) is 54.6 Å². The summed E-state index contributed by atoms with van der Waals surface area (Å²) in [5.41, 5.74) is 4.08. The molecule has 0 unspecified atom stereocenters. The largest absolute Gasteiger partial charge is 0.462 e. The molecule has 0 aliphatic heterocycles. The number of carbonyl (C=O) groups excluding carboxylic acids is 3. The molecule has 1 heterocycles. The first-order chi connectivity index (χ1) is 16.3. The molecular formula is C26H29N3O4S. The third-order valence-corrected chi connectivity index (χ3v) is 6.45. The van der Waals surface area contributed by atoms with Gasteiger partial charge in [0.05, 0.1) is 23.6 Å². The van der Waals surface area contributed by atoms with Crippen LogP contribution in [0.25, 0.3) is 11.1 Å². The van der Waals surface area contributed by atoms with E-state index in [4.69, 9.17) is 4.74 Å². The van der Waals surface area contributed by atoms with Gasteiger partial charge in [0.25, 0.3) is 5.91 Å². The van der Waals surface area contributed by atoms with Crippen molar-refractivity contribution in [1.29, 1.82) is 0 Å². The lowest BCUT2D eigenvalue weighted by molar-refractivity contribution is -0.117. The SMILES string of the molecule is CCOC(=O)c1c(NC(=O)CN(C)Cc2ccc(-c3ccccc3)cc2)sc(C(=O)NC)c1C. The van der Waals surface area contributed by atoms with Crippen molar-refractivity contribution in [3.63, 3.8) is 0 Å². The Balaban J connectivity index is 1.67. The number of thiophene rings is 1. The van der Waals surface area contributed by atoms with E-state index in [-0.39, 0.29) is 30.5 Å². The van der Waals surface area contributed by atoms with Gasteiger partial charge in [-0.1, -0.05) is 54.6 Å². The first-order valence-electron chi connectivity index (χ1n) is 11.0. The van der Waals surface area contributed by atoms with E-state index in [1.54, 1.807) is 13.8 Å². The predicted octanol–water partition coefficient (Wildman–Crippen LogP) is 4.33. The molecule has 7 nitrogen and oxygen atoms in total. The Hall–Kier alpha value is -3.49. The van der Waals surface area contributed by atoms with Crippen LogP contribution < -0.4 is 10.6 Å². The number of benzene rings is 2. The van der Waals surface area contributed by atoms with Crippen LogP contribution >= 0.6 is 11.3 Å². The molecule has 3 aromatic rings. The molecule has 34 heavy (non-hydrogen) atoms. The Morgan fingerprint density at radius 1 is 1.00 bits per heavy atom. The number of anilines is 1. The van der Waals surface area contributed by atoms with E-state index in [1.165, 1.54) is 7.05 Å². The molecular weight excluding hydrogens is 450 g/mol. The van der Waals surface area contributed by atoms with Gasteiger partial charge < -0.3 is 15.4 Å². The predicted molar refractivity (Wildman–Crippen MR) is 135 cm³/mol. The minimum Gasteiger partial charge on any atom is -0.462 e. The summed E-state index contributed by atoms with van der Waals surface area (Å²) in [5, 5.41) is 5.67. The summed E-state index contributed by atoms with van der Waals surface area (Å²) in [4.78, 5) is 39.7. The number of rotatable bonds is 9. The molecule has 0 bridgehead atoms. The maximum atomic E-state index is 12.7. The maximum absolute atomic E-state index is 12.7. The third-order valence-electron chi connectivity index (χ3n) is 5.24. The summed E-state index contributed by atoms with van der Waals surface area (Å²) in [6.45, 7) is 4.28. The Labute approximate surface area is 203 Å². The highest BCUT2D eigenvalue weighted by molar-refractivity contribution is 7.18. The molecule has 3 rings (SSSR count). The van der Waals surface area contributed by atoms with Gasteiger partial charge in [-0.2, -0.15) is 0 Å². The molecule has 0 saturated carbocycles. The van der Waals surface area contributed by atoms with Crippen LogP contribution in [0.2, 0.25) is 0 Å². The van der Waals surface area contributed by atoms with Gasteiger partial charge in [-0.3, -0.25) is 14.5 Å². The van der Waals surface area contributed by atoms with Gasteiger partial charge in [-0.25, -0.2) is 4.79 Å². The Morgan fingerprint density at radius 3 is 2.26 bits per heavy atom. The minimum atomic E-state index is -0.562. The molecule has 2 amide bonds. The van der Waals surface area contributed by atoms with E-state index >= 15 is 0 Å². The van der Waals surface area contributed by atoms with Crippen molar-refractivity contribution < 1.29 is 19.1 Å². The van der Waals surface area contributed by atoms with Gasteiger partial charge in [0, 0.05) is 13.6 Å². The zero-order valence-corrected chi connectivity index (χ0v) is 20.6. The van der Waals surface area contributed by atoms with Gasteiger partial charge >= 0.3 is 5.97 Å². The van der Waals surface area contributed by atoms with E-state index < -0.39 is 5.97 Å². The second kappa shape index (κ2) is 11.6. The van der Waals surface area contributed by atoms with Crippen molar-refractivity contribution in [2.75, 3.05) is 32.6 Å². The summed E-state index contributed by atoms with van der Waals surface area (Å²) in [6, 6.07) is 18.4. The number of amides is 2. The number of nitrogens with one attached hydrogen (secondary N) is 2. The normalized spacial score (nSPS) is 10.7. The number of ether oxygens (including phenoxy) is 1. The minimum absolute atomic E-state index is 0.120. The van der Waals surface area contributed by atoms with Crippen LogP contribution in [0.5, 0.6) is 0 Å². The van der Waals surface area contributed by atoms with Crippen molar-refractivity contribution >= 4 is 34.1 Å². The third kappa shape index (κ3) is 6.09. The van der Waals surface area contributed by atoms with Crippen LogP contribution in [0.3, 0.4) is 0 Å². The lowest BCUT2D eigenvalue weighted by atomic mass is 10.0. The van der Waals surface area contributed by atoms with Gasteiger partial charge in [-0.15, -0.1) is 11.3 Å². The second-order valence-corrected chi connectivity index (χ2v) is 8.86. The summed E-state index contributed by atoms with van der Waals surface area (Å²) in [6.07, 6.45) is 0. The highest BCUT2D eigenvalue weighted by atomic mass is 32.1. The van der Waals surface area contributed by atoms with E-state index in [9.17, 15) is 14.4 Å². The summed E-state index contributed by atoms with van der Waals surface area (Å²) >= 11 is 1.07. The van der Waals surface area contributed by atoms with E-state index in [0.717, 1.165) is 28.0 Å². The van der Waals surface area contributed by atoms with E-state index in [0.29, 0.717) is 22.0 Å². The van der Waals surface area contributed by atoms with Crippen molar-refractivity contribution in [2.24, 2.45) is 0 Å². The second-order valence-electron chi connectivity index (χ2n) is 7.84. The average molecular weight is 480 g/mol. The molecule has 0 spiro atoms. The molecule has 8 heteroatoms. The zero-order valence-electron chi connectivity index (χ0n) is 19.8. The molecule has 0 fully saturated rings. The fourth-order valence-electron chi connectivity index (χ4n) is 3.59. The van der Waals surface area contributed by atoms with Crippen molar-refractivity contribution in [1.82, 2.24) is 10.2 Å². The lowest BCUT2D eigenvalue weighted by Crippen LogP contribution is -2.30.